The van der Waals surface area contributed by atoms with Crippen LogP contribution in [0.25, 0.3) is 0 Å². The predicted octanol–water partition coefficient (Wildman–Crippen LogP) is 1.18. The van der Waals surface area contributed by atoms with E-state index in [-0.39, 0.29) is 16.7 Å². The summed E-state index contributed by atoms with van der Waals surface area (Å²) in [5.74, 6) is -3.83. The first-order valence-electron chi connectivity index (χ1n) is 10.4. The highest BCUT2D eigenvalue weighted by atomic mass is 16.6. The molecule has 0 amide bonds. The predicted molar refractivity (Wildman–Crippen MR) is 119 cm³/mol. The van der Waals surface area contributed by atoms with E-state index in [2.05, 4.69) is 0 Å². The van der Waals surface area contributed by atoms with Crippen molar-refractivity contribution in [2.45, 2.75) is 23.1 Å². The van der Waals surface area contributed by atoms with Crippen molar-refractivity contribution in [2.75, 3.05) is 6.61 Å². The smallest absolute Gasteiger partial charge is 0.218 e. The highest BCUT2D eigenvalue weighted by Gasteiger charge is 2.77. The Morgan fingerprint density at radius 2 is 1.03 bits per heavy atom. The molecule has 3 aromatic carbocycles. The van der Waals surface area contributed by atoms with Gasteiger partial charge in [0.15, 0.2) is 17.7 Å². The molecule has 34 heavy (non-hydrogen) atoms. The number of rotatable bonds is 6. The number of carbonyl (C=O) groups excluding carboxylic acids is 3. The van der Waals surface area contributed by atoms with Crippen molar-refractivity contribution in [3.05, 3.63) is 108 Å². The molecule has 8 nitrogen and oxygen atoms in total. The molecule has 4 atom stereocenters. The van der Waals surface area contributed by atoms with Gasteiger partial charge in [-0.25, -0.2) is 0 Å². The van der Waals surface area contributed by atoms with E-state index in [1.165, 1.54) is 72.8 Å². The van der Waals surface area contributed by atoms with Gasteiger partial charge in [-0.15, -0.1) is 0 Å². The molecular formula is C26H22O8. The Kier molecular flexibility index (Phi) is 6.03. The largest absolute Gasteiger partial charge is 0.376 e. The summed E-state index contributed by atoms with van der Waals surface area (Å²) < 4.78 is 5.08. The van der Waals surface area contributed by atoms with Gasteiger partial charge >= 0.3 is 0 Å². The van der Waals surface area contributed by atoms with Gasteiger partial charge < -0.3 is 25.2 Å². The normalized spacial score (nSPS) is 28.8. The third-order valence-electron chi connectivity index (χ3n) is 6.12. The molecule has 1 aliphatic rings. The summed E-state index contributed by atoms with van der Waals surface area (Å²) in [4.78, 5) is 40.7. The topological polar surface area (TPSA) is 141 Å². The number of ketones is 3. The van der Waals surface area contributed by atoms with Crippen molar-refractivity contribution in [3.63, 3.8) is 0 Å². The van der Waals surface area contributed by atoms with Crippen LogP contribution in [0.1, 0.15) is 31.1 Å². The van der Waals surface area contributed by atoms with Gasteiger partial charge in [0.2, 0.25) is 22.8 Å². The van der Waals surface area contributed by atoms with Gasteiger partial charge in [-0.1, -0.05) is 91.0 Å². The first-order valence-corrected chi connectivity index (χ1v) is 10.4. The molecule has 1 aliphatic heterocycles. The minimum atomic E-state index is -3.53. The molecule has 0 bridgehead atoms. The van der Waals surface area contributed by atoms with Gasteiger partial charge in [-0.3, -0.25) is 14.4 Å². The molecule has 0 radical (unpaired) electrons. The number of aliphatic hydroxyl groups excluding tert-OH is 1. The van der Waals surface area contributed by atoms with E-state index < -0.39 is 47.0 Å². The van der Waals surface area contributed by atoms with Gasteiger partial charge in [-0.05, 0) is 0 Å². The molecule has 174 valence electrons. The first-order chi connectivity index (χ1) is 16.2. The van der Waals surface area contributed by atoms with Crippen LogP contribution in [0.2, 0.25) is 0 Å². The third-order valence-corrected chi connectivity index (χ3v) is 6.12. The Balaban J connectivity index is 1.98. The van der Waals surface area contributed by atoms with Gasteiger partial charge in [0.25, 0.3) is 0 Å². The van der Waals surface area contributed by atoms with Crippen molar-refractivity contribution < 1.29 is 39.5 Å². The zero-order valence-electron chi connectivity index (χ0n) is 17.9. The van der Waals surface area contributed by atoms with E-state index in [4.69, 9.17) is 4.74 Å². The van der Waals surface area contributed by atoms with Crippen LogP contribution >= 0.6 is 0 Å². The maximum absolute atomic E-state index is 13.7. The van der Waals surface area contributed by atoms with Crippen LogP contribution in [-0.2, 0) is 4.74 Å². The molecule has 3 aromatic rings. The SMILES string of the molecule is O=C(c1ccccc1)[C@]1(O)[C@@](O)(C(=O)c2ccccc2)CO[C@@H](O)[C@@]1(O)C(=O)c1ccccc1. The molecule has 1 heterocycles. The molecule has 8 heteroatoms. The second-order valence-electron chi connectivity index (χ2n) is 8.09. The Labute approximate surface area is 194 Å². The number of benzene rings is 3. The second-order valence-corrected chi connectivity index (χ2v) is 8.09. The highest BCUT2D eigenvalue weighted by Crippen LogP contribution is 2.46. The Morgan fingerprint density at radius 3 is 1.47 bits per heavy atom. The average molecular weight is 462 g/mol. The van der Waals surface area contributed by atoms with Crippen molar-refractivity contribution in [2.24, 2.45) is 0 Å². The third kappa shape index (κ3) is 3.32. The van der Waals surface area contributed by atoms with Gasteiger partial charge in [0.1, 0.15) is 0 Å². The maximum atomic E-state index is 13.7. The molecule has 0 aromatic heterocycles. The van der Waals surface area contributed by atoms with Crippen molar-refractivity contribution in [3.8, 4) is 0 Å². The van der Waals surface area contributed by atoms with Crippen LogP contribution in [0.5, 0.6) is 0 Å². The van der Waals surface area contributed by atoms with E-state index in [1.807, 2.05) is 0 Å². The fourth-order valence-corrected chi connectivity index (χ4v) is 4.22. The molecule has 0 spiro atoms. The fourth-order valence-electron chi connectivity index (χ4n) is 4.22. The minimum absolute atomic E-state index is 0.112. The minimum Gasteiger partial charge on any atom is -0.376 e. The van der Waals surface area contributed by atoms with Crippen molar-refractivity contribution in [1.29, 1.82) is 0 Å². The van der Waals surface area contributed by atoms with E-state index >= 15 is 0 Å². The molecule has 0 saturated carbocycles. The molecule has 4 N–H and O–H groups in total. The zero-order valence-corrected chi connectivity index (χ0v) is 17.9. The van der Waals surface area contributed by atoms with Gasteiger partial charge in [0.05, 0.1) is 6.61 Å². The molecule has 0 aliphatic carbocycles. The Morgan fingerprint density at radius 1 is 0.647 bits per heavy atom. The molecule has 0 unspecified atom stereocenters. The Bertz CT molecular complexity index is 1210. The summed E-state index contributed by atoms with van der Waals surface area (Å²) in [7, 11) is 0. The van der Waals surface area contributed by atoms with Gasteiger partial charge in [0, 0.05) is 16.7 Å². The van der Waals surface area contributed by atoms with Gasteiger partial charge in [-0.2, -0.15) is 0 Å². The van der Waals surface area contributed by atoms with Crippen LogP contribution in [0.15, 0.2) is 91.0 Å². The maximum Gasteiger partial charge on any atom is 0.218 e. The van der Waals surface area contributed by atoms with Crippen LogP contribution in [0.4, 0.5) is 0 Å². The Hall–Kier alpha value is -3.53. The summed E-state index contributed by atoms with van der Waals surface area (Å²) in [6.07, 6.45) is -2.44. The highest BCUT2D eigenvalue weighted by molar-refractivity contribution is 6.18. The summed E-state index contributed by atoms with van der Waals surface area (Å²) in [5, 5.41) is 45.8. The standard InChI is InChI=1S/C26H22O8/c27-20(17-10-4-1-5-11-17)24(31)16-34-23(30)25(32,21(28)18-12-6-2-7-13-18)26(24,33)22(29)19-14-8-3-9-15-19/h1-15,23,30-33H,16H2/t23-,24+,25+,26+/m1/s1. The lowest BCUT2D eigenvalue weighted by Gasteiger charge is -2.54. The van der Waals surface area contributed by atoms with E-state index in [0.717, 1.165) is 0 Å². The molecule has 4 rings (SSSR count). The lowest BCUT2D eigenvalue weighted by Crippen LogP contribution is -2.84. The lowest BCUT2D eigenvalue weighted by molar-refractivity contribution is -0.320. The summed E-state index contributed by atoms with van der Waals surface area (Å²) >= 11 is 0. The first kappa shape index (κ1) is 23.6. The summed E-state index contributed by atoms with van der Waals surface area (Å²) in [6.45, 7) is -1.07. The number of hydrogen-bond acceptors (Lipinski definition) is 8. The van der Waals surface area contributed by atoms with Crippen LogP contribution < -0.4 is 0 Å². The van der Waals surface area contributed by atoms with Crippen molar-refractivity contribution >= 4 is 17.3 Å². The van der Waals surface area contributed by atoms with E-state index in [1.54, 1.807) is 18.2 Å². The zero-order chi connectivity index (χ0) is 24.6. The monoisotopic (exact) mass is 462 g/mol. The average Bonchev–Trinajstić information content (AvgIpc) is 2.89. The summed E-state index contributed by atoms with van der Waals surface area (Å²) in [5.41, 5.74) is -10.6. The fraction of sp³-hybridized carbons (Fsp3) is 0.192. The quantitative estimate of drug-likeness (QED) is 0.400. The summed E-state index contributed by atoms with van der Waals surface area (Å²) in [6, 6.07) is 21.4. The number of carbonyl (C=O) groups is 3. The number of hydrogen-bond donors (Lipinski definition) is 4. The molecule has 1 saturated heterocycles. The van der Waals surface area contributed by atoms with Crippen molar-refractivity contribution in [1.82, 2.24) is 0 Å². The lowest BCUT2D eigenvalue weighted by atomic mass is 9.60. The molecule has 1 fully saturated rings. The van der Waals surface area contributed by atoms with Crippen LogP contribution in [-0.4, -0.2) is 67.5 Å². The van der Waals surface area contributed by atoms with Crippen LogP contribution in [0.3, 0.4) is 0 Å². The van der Waals surface area contributed by atoms with Crippen LogP contribution in [0, 0.1) is 0 Å². The number of aliphatic hydroxyl groups is 4. The second kappa shape index (κ2) is 8.68. The number of Topliss-reactive ketones (excluding diaryl/α,β-unsaturated/α-hetero) is 3. The molecular weight excluding hydrogens is 440 g/mol. The van der Waals surface area contributed by atoms with E-state index in [0.29, 0.717) is 0 Å². The van der Waals surface area contributed by atoms with E-state index in [9.17, 15) is 34.8 Å². The number of ether oxygens (including phenoxy) is 1.